The van der Waals surface area contributed by atoms with Crippen molar-refractivity contribution in [1.29, 1.82) is 0 Å². The van der Waals surface area contributed by atoms with Gasteiger partial charge in [0.1, 0.15) is 18.3 Å². The molecule has 9 nitrogen and oxygen atoms in total. The molecule has 0 bridgehead atoms. The molecule has 9 heteroatoms. The minimum Gasteiger partial charge on any atom is -0.390 e. The van der Waals surface area contributed by atoms with E-state index in [4.69, 9.17) is 14.2 Å². The Labute approximate surface area is 133 Å². The van der Waals surface area contributed by atoms with Crippen LogP contribution in [-0.2, 0) is 19.0 Å². The van der Waals surface area contributed by atoms with E-state index in [0.29, 0.717) is 0 Å². The van der Waals surface area contributed by atoms with E-state index in [1.807, 2.05) is 0 Å². The molecule has 9 atom stereocenters. The topological polar surface area (TPSA) is 130 Å². The van der Waals surface area contributed by atoms with Crippen molar-refractivity contribution in [2.75, 3.05) is 14.1 Å². The molecule has 0 aromatic heterocycles. The second-order valence-corrected chi connectivity index (χ2v) is 6.40. The van der Waals surface area contributed by atoms with Gasteiger partial charge in [0.25, 0.3) is 5.79 Å². The van der Waals surface area contributed by atoms with Crippen LogP contribution in [0.15, 0.2) is 0 Å². The van der Waals surface area contributed by atoms with E-state index in [9.17, 15) is 20.1 Å². The van der Waals surface area contributed by atoms with Gasteiger partial charge in [-0.2, -0.15) is 0 Å². The summed E-state index contributed by atoms with van der Waals surface area (Å²) in [6.07, 6.45) is -5.58. The fraction of sp³-hybridized carbons (Fsp3) is 0.929. The van der Waals surface area contributed by atoms with Crippen molar-refractivity contribution in [3.8, 4) is 0 Å². The van der Waals surface area contributed by atoms with E-state index in [-0.39, 0.29) is 6.42 Å². The van der Waals surface area contributed by atoms with Crippen LogP contribution in [0, 0.1) is 0 Å². The van der Waals surface area contributed by atoms with Crippen molar-refractivity contribution >= 4 is 5.78 Å². The quantitative estimate of drug-likeness (QED) is 0.361. The average molecular weight is 332 g/mol. The van der Waals surface area contributed by atoms with Crippen LogP contribution in [0.2, 0.25) is 0 Å². The monoisotopic (exact) mass is 332 g/mol. The molecule has 23 heavy (non-hydrogen) atoms. The normalized spacial score (nSPS) is 53.6. The number of carbonyl (C=O) groups is 1. The van der Waals surface area contributed by atoms with Gasteiger partial charge in [-0.05, 0) is 21.0 Å². The third-order valence-corrected chi connectivity index (χ3v) is 4.93. The van der Waals surface area contributed by atoms with Gasteiger partial charge in [0.05, 0.1) is 24.3 Å². The Bertz CT molecular complexity index is 478. The van der Waals surface area contributed by atoms with Crippen molar-refractivity contribution in [2.24, 2.45) is 0 Å². The first-order valence-corrected chi connectivity index (χ1v) is 7.78. The van der Waals surface area contributed by atoms with Gasteiger partial charge in [-0.3, -0.25) is 4.79 Å². The Morgan fingerprint density at radius 2 is 1.74 bits per heavy atom. The second kappa shape index (κ2) is 6.01. The minimum absolute atomic E-state index is 0.00220. The highest BCUT2D eigenvalue weighted by Crippen LogP contribution is 2.40. The molecule has 3 fully saturated rings. The summed E-state index contributed by atoms with van der Waals surface area (Å²) in [7, 11) is 3.24. The number of carbonyl (C=O) groups excluding carboxylic acids is 1. The summed E-state index contributed by atoms with van der Waals surface area (Å²) in [4.78, 5) is 12.2. The lowest BCUT2D eigenvalue weighted by Gasteiger charge is -2.55. The maximum absolute atomic E-state index is 12.2. The molecule has 2 heterocycles. The van der Waals surface area contributed by atoms with Gasteiger partial charge in [-0.15, -0.1) is 0 Å². The highest BCUT2D eigenvalue weighted by molar-refractivity contribution is 5.87. The van der Waals surface area contributed by atoms with E-state index in [0.717, 1.165) is 0 Å². The van der Waals surface area contributed by atoms with E-state index in [2.05, 4.69) is 10.6 Å². The summed E-state index contributed by atoms with van der Waals surface area (Å²) in [6.45, 7) is 1.70. The van der Waals surface area contributed by atoms with Crippen LogP contribution < -0.4 is 10.6 Å². The Balaban J connectivity index is 1.92. The first kappa shape index (κ1) is 17.2. The number of aliphatic hydroxyl groups is 3. The standard InChI is InChI=1S/C14H24N2O7/c1-5-4-6(17)14(20)13(21-5)22-12-10(19)7(15-2)9(18)8(16-3)11(12)23-14/h5,7-13,15-16,18-20H,4H2,1-3H3/t5-,7+,8-,9+,10-,11+,12+,13+,14-/m1/s1. The highest BCUT2D eigenvalue weighted by atomic mass is 16.8. The number of Topliss-reactive ketones (excluding diaryl/α,β-unsaturated/α-hetero) is 1. The molecule has 3 aliphatic rings. The second-order valence-electron chi connectivity index (χ2n) is 6.40. The zero-order chi connectivity index (χ0) is 16.9. The van der Waals surface area contributed by atoms with Gasteiger partial charge in [-0.1, -0.05) is 0 Å². The van der Waals surface area contributed by atoms with Gasteiger partial charge in [-0.25, -0.2) is 0 Å². The Hall–Kier alpha value is -0.650. The summed E-state index contributed by atoms with van der Waals surface area (Å²) < 4.78 is 16.8. The van der Waals surface area contributed by atoms with Crippen LogP contribution in [0.1, 0.15) is 13.3 Å². The molecule has 2 saturated heterocycles. The number of aliphatic hydroxyl groups excluding tert-OH is 2. The molecule has 5 N–H and O–H groups in total. The van der Waals surface area contributed by atoms with E-state index in [1.54, 1.807) is 21.0 Å². The number of ketones is 1. The Kier molecular flexibility index (Phi) is 4.49. The molecule has 132 valence electrons. The number of ether oxygens (including phenoxy) is 3. The van der Waals surface area contributed by atoms with Crippen LogP contribution >= 0.6 is 0 Å². The fourth-order valence-corrected chi connectivity index (χ4v) is 3.68. The number of hydrogen-bond acceptors (Lipinski definition) is 9. The zero-order valence-electron chi connectivity index (χ0n) is 13.3. The number of nitrogens with one attached hydrogen (secondary N) is 2. The van der Waals surface area contributed by atoms with Gasteiger partial charge in [0.15, 0.2) is 5.78 Å². The van der Waals surface area contributed by atoms with Gasteiger partial charge < -0.3 is 40.2 Å². The molecule has 0 radical (unpaired) electrons. The maximum atomic E-state index is 12.2. The Morgan fingerprint density at radius 1 is 1.09 bits per heavy atom. The number of likely N-dealkylation sites (N-methyl/N-ethyl adjacent to an activating group) is 2. The molecule has 1 saturated carbocycles. The smallest absolute Gasteiger partial charge is 0.280 e. The molecule has 2 aliphatic heterocycles. The molecular weight excluding hydrogens is 308 g/mol. The van der Waals surface area contributed by atoms with E-state index >= 15 is 0 Å². The first-order chi connectivity index (χ1) is 10.8. The maximum Gasteiger partial charge on any atom is 0.280 e. The predicted molar refractivity (Wildman–Crippen MR) is 76.4 cm³/mol. The molecular formula is C14H24N2O7. The predicted octanol–water partition coefficient (Wildman–Crippen LogP) is -2.93. The summed E-state index contributed by atoms with van der Waals surface area (Å²) in [6, 6.07) is -1.29. The summed E-state index contributed by atoms with van der Waals surface area (Å²) >= 11 is 0. The molecule has 0 unspecified atom stereocenters. The van der Waals surface area contributed by atoms with Crippen LogP contribution in [0.25, 0.3) is 0 Å². The van der Waals surface area contributed by atoms with Gasteiger partial charge in [0, 0.05) is 6.42 Å². The third kappa shape index (κ3) is 2.52. The van der Waals surface area contributed by atoms with Crippen molar-refractivity contribution in [3.63, 3.8) is 0 Å². The molecule has 3 rings (SSSR count). The van der Waals surface area contributed by atoms with Crippen LogP contribution in [0.4, 0.5) is 0 Å². The summed E-state index contributed by atoms with van der Waals surface area (Å²) in [5.41, 5.74) is 0. The third-order valence-electron chi connectivity index (χ3n) is 4.93. The molecule has 0 aromatic carbocycles. The van der Waals surface area contributed by atoms with Crippen molar-refractivity contribution in [1.82, 2.24) is 10.6 Å². The number of rotatable bonds is 2. The SMILES string of the molecule is CN[C@@H]1[C@@H](O)[C@@H]2O[C@@H]3O[C@H](C)CC(=O)[C@@]3(O)O[C@H]2[C@H](NC)[C@H]1O. The van der Waals surface area contributed by atoms with E-state index < -0.39 is 60.5 Å². The van der Waals surface area contributed by atoms with Crippen LogP contribution in [0.5, 0.6) is 0 Å². The first-order valence-electron chi connectivity index (χ1n) is 7.78. The van der Waals surface area contributed by atoms with Crippen LogP contribution in [-0.4, -0.2) is 89.9 Å². The molecule has 0 aromatic rings. The van der Waals surface area contributed by atoms with Gasteiger partial charge in [0.2, 0.25) is 6.29 Å². The number of hydrogen-bond donors (Lipinski definition) is 5. The Morgan fingerprint density at radius 3 is 2.35 bits per heavy atom. The van der Waals surface area contributed by atoms with Crippen molar-refractivity contribution < 1.29 is 34.3 Å². The lowest BCUT2D eigenvalue weighted by atomic mass is 9.80. The summed E-state index contributed by atoms with van der Waals surface area (Å²) in [5.74, 6) is -2.76. The molecule has 1 aliphatic carbocycles. The van der Waals surface area contributed by atoms with Crippen molar-refractivity contribution in [3.05, 3.63) is 0 Å². The molecule has 0 spiro atoms. The van der Waals surface area contributed by atoms with Crippen molar-refractivity contribution in [2.45, 2.75) is 68.0 Å². The van der Waals surface area contributed by atoms with E-state index in [1.165, 1.54) is 0 Å². The largest absolute Gasteiger partial charge is 0.390 e. The molecule has 0 amide bonds. The highest BCUT2D eigenvalue weighted by Gasteiger charge is 2.63. The van der Waals surface area contributed by atoms with Gasteiger partial charge >= 0.3 is 0 Å². The van der Waals surface area contributed by atoms with Crippen LogP contribution in [0.3, 0.4) is 0 Å². The minimum atomic E-state index is -2.23. The average Bonchev–Trinajstić information content (AvgIpc) is 2.49. The lowest BCUT2D eigenvalue weighted by Crippen LogP contribution is -2.77. The zero-order valence-corrected chi connectivity index (χ0v) is 13.3. The fourth-order valence-electron chi connectivity index (χ4n) is 3.68. The number of fused-ring (bicyclic) bond motifs is 2. The summed E-state index contributed by atoms with van der Waals surface area (Å²) in [5, 5.41) is 37.2. The lowest BCUT2D eigenvalue weighted by molar-refractivity contribution is -0.420.